The molecule has 1 fully saturated rings. The first-order chi connectivity index (χ1) is 11.8. The zero-order chi connectivity index (χ0) is 18.3. The Morgan fingerprint density at radius 1 is 1.28 bits per heavy atom. The van der Waals surface area contributed by atoms with Crippen molar-refractivity contribution < 1.29 is 9.53 Å². The lowest BCUT2D eigenvalue weighted by Gasteiger charge is -2.33. The molecule has 0 unspecified atom stereocenters. The molecule has 1 amide bonds. The van der Waals surface area contributed by atoms with Gasteiger partial charge in [-0.05, 0) is 45.2 Å². The number of nitrogens with zero attached hydrogens (tertiary/aromatic N) is 2. The van der Waals surface area contributed by atoms with Crippen molar-refractivity contribution in [3.05, 3.63) is 24.0 Å². The van der Waals surface area contributed by atoms with E-state index in [1.165, 1.54) is 31.2 Å². The molecule has 0 bridgehead atoms. The van der Waals surface area contributed by atoms with Crippen molar-refractivity contribution in [2.45, 2.75) is 77.5 Å². The first kappa shape index (κ1) is 19.8. The number of amides is 1. The maximum Gasteiger partial charge on any atom is 0.410 e. The van der Waals surface area contributed by atoms with Crippen molar-refractivity contribution in [1.82, 2.24) is 14.8 Å². The molecule has 0 radical (unpaired) electrons. The number of nitrogens with one attached hydrogen (secondary N) is 1. The van der Waals surface area contributed by atoms with Crippen LogP contribution in [0, 0.1) is 0 Å². The molecular formula is C20H35N3O2. The molecule has 0 spiro atoms. The second-order valence-electron chi connectivity index (χ2n) is 8.18. The monoisotopic (exact) mass is 349 g/mol. The van der Waals surface area contributed by atoms with Crippen molar-refractivity contribution in [1.29, 1.82) is 0 Å². The Kier molecular flexibility index (Phi) is 7.36. The topological polar surface area (TPSA) is 46.5 Å². The number of aryl methyl sites for hydroxylation is 1. The van der Waals surface area contributed by atoms with Crippen LogP contribution in [-0.2, 0) is 18.3 Å². The molecule has 2 rings (SSSR count). The lowest BCUT2D eigenvalue weighted by molar-refractivity contribution is 0.0147. The van der Waals surface area contributed by atoms with Crippen LogP contribution in [0.2, 0.25) is 0 Å². The van der Waals surface area contributed by atoms with E-state index in [2.05, 4.69) is 28.3 Å². The van der Waals surface area contributed by atoms with Crippen LogP contribution in [0.15, 0.2) is 18.5 Å². The fourth-order valence-corrected chi connectivity index (χ4v) is 3.41. The van der Waals surface area contributed by atoms with E-state index in [0.29, 0.717) is 12.6 Å². The van der Waals surface area contributed by atoms with E-state index in [9.17, 15) is 4.79 Å². The second-order valence-corrected chi connectivity index (χ2v) is 8.18. The molecule has 1 aromatic rings. The third kappa shape index (κ3) is 7.10. The molecule has 0 aliphatic heterocycles. The summed E-state index contributed by atoms with van der Waals surface area (Å²) >= 11 is 0. The van der Waals surface area contributed by atoms with Gasteiger partial charge in [-0.2, -0.15) is 0 Å². The summed E-state index contributed by atoms with van der Waals surface area (Å²) in [4.78, 5) is 14.7. The fraction of sp³-hybridized carbons (Fsp3) is 0.750. The standard InChI is InChI=1S/C20H35N3O2/c1-20(2,3)25-19(24)23(18-9-7-5-6-8-10-18)14-12-21-15-17-11-13-22(4)16-17/h11,13,16,18,21H,5-10,12,14-15H2,1-4H3. The van der Waals surface area contributed by atoms with Crippen LogP contribution in [0.5, 0.6) is 0 Å². The first-order valence-electron chi connectivity index (χ1n) is 9.66. The summed E-state index contributed by atoms with van der Waals surface area (Å²) in [6, 6.07) is 2.43. The highest BCUT2D eigenvalue weighted by Gasteiger charge is 2.28. The van der Waals surface area contributed by atoms with Crippen molar-refractivity contribution in [3.63, 3.8) is 0 Å². The fourth-order valence-electron chi connectivity index (χ4n) is 3.41. The smallest absolute Gasteiger partial charge is 0.410 e. The van der Waals surface area contributed by atoms with Crippen LogP contribution in [-0.4, -0.2) is 40.3 Å². The molecule has 1 aliphatic rings. The van der Waals surface area contributed by atoms with Gasteiger partial charge in [0.05, 0.1) is 0 Å². The second kappa shape index (κ2) is 9.27. The Balaban J connectivity index is 1.89. The van der Waals surface area contributed by atoms with E-state index in [0.717, 1.165) is 25.9 Å². The molecule has 0 atom stereocenters. The number of rotatable bonds is 6. The lowest BCUT2D eigenvalue weighted by atomic mass is 10.1. The molecule has 5 heteroatoms. The summed E-state index contributed by atoms with van der Waals surface area (Å²) in [7, 11) is 2.03. The van der Waals surface area contributed by atoms with Crippen molar-refractivity contribution in [2.24, 2.45) is 7.05 Å². The average Bonchev–Trinajstić information content (AvgIpc) is 2.76. The van der Waals surface area contributed by atoms with Gasteiger partial charge in [0, 0.05) is 45.1 Å². The van der Waals surface area contributed by atoms with Gasteiger partial charge in [0.15, 0.2) is 0 Å². The van der Waals surface area contributed by atoms with Gasteiger partial charge in [-0.1, -0.05) is 25.7 Å². The Labute approximate surface area is 152 Å². The molecule has 5 nitrogen and oxygen atoms in total. The summed E-state index contributed by atoms with van der Waals surface area (Å²) < 4.78 is 7.72. The van der Waals surface area contributed by atoms with Gasteiger partial charge >= 0.3 is 6.09 Å². The van der Waals surface area contributed by atoms with Gasteiger partial charge in [-0.3, -0.25) is 0 Å². The number of hydrogen-bond acceptors (Lipinski definition) is 3. The molecular weight excluding hydrogens is 314 g/mol. The lowest BCUT2D eigenvalue weighted by Crippen LogP contribution is -2.46. The average molecular weight is 350 g/mol. The van der Waals surface area contributed by atoms with Gasteiger partial charge in [0.2, 0.25) is 0 Å². The Hall–Kier alpha value is -1.49. The van der Waals surface area contributed by atoms with E-state index in [4.69, 9.17) is 4.74 Å². The van der Waals surface area contributed by atoms with E-state index < -0.39 is 5.60 Å². The first-order valence-corrected chi connectivity index (χ1v) is 9.66. The molecule has 1 aromatic heterocycles. The van der Waals surface area contributed by atoms with Gasteiger partial charge < -0.3 is 19.5 Å². The maximum atomic E-state index is 12.7. The predicted octanol–water partition coefficient (Wildman–Crippen LogP) is 4.07. The summed E-state index contributed by atoms with van der Waals surface area (Å²) in [5.74, 6) is 0. The molecule has 25 heavy (non-hydrogen) atoms. The minimum absolute atomic E-state index is 0.166. The zero-order valence-electron chi connectivity index (χ0n) is 16.4. The highest BCUT2D eigenvalue weighted by Crippen LogP contribution is 2.23. The van der Waals surface area contributed by atoms with Crippen LogP contribution >= 0.6 is 0 Å². The Bertz CT molecular complexity index is 525. The molecule has 1 heterocycles. The molecule has 1 saturated carbocycles. The minimum atomic E-state index is -0.447. The summed E-state index contributed by atoms with van der Waals surface area (Å²) in [6.45, 7) is 8.11. The van der Waals surface area contributed by atoms with Crippen molar-refractivity contribution >= 4 is 6.09 Å². The van der Waals surface area contributed by atoms with Crippen LogP contribution in [0.1, 0.15) is 64.9 Å². The van der Waals surface area contributed by atoms with Gasteiger partial charge in [-0.15, -0.1) is 0 Å². The van der Waals surface area contributed by atoms with Crippen LogP contribution in [0.3, 0.4) is 0 Å². The Morgan fingerprint density at radius 3 is 2.52 bits per heavy atom. The van der Waals surface area contributed by atoms with E-state index in [1.54, 1.807) is 0 Å². The maximum absolute atomic E-state index is 12.7. The van der Waals surface area contributed by atoms with Crippen LogP contribution < -0.4 is 5.32 Å². The molecule has 0 aromatic carbocycles. The van der Waals surface area contributed by atoms with Gasteiger partial charge in [-0.25, -0.2) is 4.79 Å². The van der Waals surface area contributed by atoms with E-state index in [1.807, 2.05) is 32.7 Å². The van der Waals surface area contributed by atoms with Crippen LogP contribution in [0.4, 0.5) is 4.79 Å². The summed E-state index contributed by atoms with van der Waals surface area (Å²) in [5, 5.41) is 3.46. The third-order valence-electron chi connectivity index (χ3n) is 4.65. The van der Waals surface area contributed by atoms with Gasteiger partial charge in [0.1, 0.15) is 5.60 Å². The van der Waals surface area contributed by atoms with Gasteiger partial charge in [0.25, 0.3) is 0 Å². The van der Waals surface area contributed by atoms with Crippen molar-refractivity contribution in [3.8, 4) is 0 Å². The number of hydrogen-bond donors (Lipinski definition) is 1. The van der Waals surface area contributed by atoms with Crippen molar-refractivity contribution in [2.75, 3.05) is 13.1 Å². The normalized spacial score (nSPS) is 16.5. The number of carbonyl (C=O) groups is 1. The Morgan fingerprint density at radius 2 is 1.96 bits per heavy atom. The third-order valence-corrected chi connectivity index (χ3v) is 4.65. The van der Waals surface area contributed by atoms with Crippen LogP contribution in [0.25, 0.3) is 0 Å². The molecule has 1 N–H and O–H groups in total. The number of carbonyl (C=O) groups excluding carboxylic acids is 1. The highest BCUT2D eigenvalue weighted by atomic mass is 16.6. The highest BCUT2D eigenvalue weighted by molar-refractivity contribution is 5.68. The predicted molar refractivity (Wildman–Crippen MR) is 102 cm³/mol. The number of ether oxygens (including phenoxy) is 1. The molecule has 1 aliphatic carbocycles. The van der Waals surface area contributed by atoms with E-state index >= 15 is 0 Å². The molecule has 142 valence electrons. The quantitative estimate of drug-likeness (QED) is 0.622. The number of aromatic nitrogens is 1. The molecule has 0 saturated heterocycles. The SMILES string of the molecule is Cn1ccc(CNCCN(C(=O)OC(C)(C)C)C2CCCCCC2)c1. The summed E-state index contributed by atoms with van der Waals surface area (Å²) in [5.41, 5.74) is 0.818. The van der Waals surface area contributed by atoms with E-state index in [-0.39, 0.29) is 6.09 Å². The largest absolute Gasteiger partial charge is 0.444 e. The zero-order valence-corrected chi connectivity index (χ0v) is 16.4. The minimum Gasteiger partial charge on any atom is -0.444 e. The summed E-state index contributed by atoms with van der Waals surface area (Å²) in [6.07, 6.45) is 11.2.